The maximum atomic E-state index is 9.31. The van der Waals surface area contributed by atoms with Crippen LogP contribution in [0.2, 0.25) is 0 Å². The summed E-state index contributed by atoms with van der Waals surface area (Å²) in [6.07, 6.45) is 1.66. The SMILES string of the molecule is NCC(N)=Cc1ccccc1O. The number of phenols is 1. The Labute approximate surface area is 71.3 Å². The first kappa shape index (κ1) is 8.62. The number of nitrogens with two attached hydrogens (primary N) is 2. The molecule has 0 saturated carbocycles. The monoisotopic (exact) mass is 164 g/mol. The number of hydrogen-bond acceptors (Lipinski definition) is 3. The van der Waals surface area contributed by atoms with E-state index in [1.807, 2.05) is 6.07 Å². The molecule has 0 atom stereocenters. The maximum Gasteiger partial charge on any atom is 0.122 e. The average Bonchev–Trinajstić information content (AvgIpc) is 2.09. The first-order valence-corrected chi connectivity index (χ1v) is 3.68. The lowest BCUT2D eigenvalue weighted by molar-refractivity contribution is 0.474. The molecule has 0 bridgehead atoms. The third-order valence-corrected chi connectivity index (χ3v) is 1.51. The highest BCUT2D eigenvalue weighted by atomic mass is 16.3. The van der Waals surface area contributed by atoms with E-state index in [2.05, 4.69) is 0 Å². The van der Waals surface area contributed by atoms with Crippen LogP contribution in [0.1, 0.15) is 5.56 Å². The lowest BCUT2D eigenvalue weighted by atomic mass is 10.2. The fourth-order valence-electron chi connectivity index (χ4n) is 0.868. The molecule has 0 aliphatic carbocycles. The minimum absolute atomic E-state index is 0.217. The molecule has 0 saturated heterocycles. The fourth-order valence-corrected chi connectivity index (χ4v) is 0.868. The fraction of sp³-hybridized carbons (Fsp3) is 0.111. The summed E-state index contributed by atoms with van der Waals surface area (Å²) in [6, 6.07) is 6.97. The number of aromatic hydroxyl groups is 1. The van der Waals surface area contributed by atoms with Crippen molar-refractivity contribution in [3.8, 4) is 5.75 Å². The molecule has 1 aromatic carbocycles. The summed E-state index contributed by atoms with van der Waals surface area (Å²) in [5.74, 6) is 0.217. The van der Waals surface area contributed by atoms with Crippen LogP contribution in [0.15, 0.2) is 30.0 Å². The van der Waals surface area contributed by atoms with Crippen LogP contribution in [0.25, 0.3) is 6.08 Å². The van der Waals surface area contributed by atoms with Crippen LogP contribution in [-0.4, -0.2) is 11.7 Å². The Bertz CT molecular complexity index is 294. The minimum atomic E-state index is 0.217. The van der Waals surface area contributed by atoms with Gasteiger partial charge in [0, 0.05) is 17.8 Å². The molecule has 0 unspecified atom stereocenters. The molecular formula is C9H12N2O. The molecule has 1 rings (SSSR count). The van der Waals surface area contributed by atoms with Crippen LogP contribution >= 0.6 is 0 Å². The standard InChI is InChI=1S/C9H12N2O/c10-6-8(11)5-7-3-1-2-4-9(7)12/h1-5,12H,6,10-11H2. The molecule has 3 nitrogen and oxygen atoms in total. The van der Waals surface area contributed by atoms with Crippen molar-refractivity contribution in [2.45, 2.75) is 0 Å². The highest BCUT2D eigenvalue weighted by Crippen LogP contribution is 2.17. The first-order valence-electron chi connectivity index (χ1n) is 3.68. The Hall–Kier alpha value is -1.48. The number of rotatable bonds is 2. The van der Waals surface area contributed by atoms with Gasteiger partial charge >= 0.3 is 0 Å². The van der Waals surface area contributed by atoms with E-state index in [1.165, 1.54) is 0 Å². The molecule has 0 radical (unpaired) electrons. The molecule has 3 heteroatoms. The van der Waals surface area contributed by atoms with Crippen LogP contribution in [0.4, 0.5) is 0 Å². The van der Waals surface area contributed by atoms with Gasteiger partial charge < -0.3 is 16.6 Å². The topological polar surface area (TPSA) is 72.3 Å². The Kier molecular flexibility index (Phi) is 2.71. The first-order chi connectivity index (χ1) is 5.74. The summed E-state index contributed by atoms with van der Waals surface area (Å²) in [6.45, 7) is 0.300. The predicted molar refractivity (Wildman–Crippen MR) is 49.3 cm³/mol. The highest BCUT2D eigenvalue weighted by Gasteiger charge is 1.95. The van der Waals surface area contributed by atoms with Crippen molar-refractivity contribution >= 4 is 6.08 Å². The normalized spacial score (nSPS) is 11.6. The van der Waals surface area contributed by atoms with E-state index in [9.17, 15) is 5.11 Å². The van der Waals surface area contributed by atoms with Crippen molar-refractivity contribution in [1.82, 2.24) is 0 Å². The second kappa shape index (κ2) is 3.78. The van der Waals surface area contributed by atoms with Gasteiger partial charge in [0.05, 0.1) is 0 Å². The van der Waals surface area contributed by atoms with Crippen molar-refractivity contribution in [1.29, 1.82) is 0 Å². The van der Waals surface area contributed by atoms with E-state index < -0.39 is 0 Å². The molecule has 1 aromatic rings. The van der Waals surface area contributed by atoms with Gasteiger partial charge in [-0.15, -0.1) is 0 Å². The Morgan fingerprint density at radius 3 is 2.67 bits per heavy atom. The van der Waals surface area contributed by atoms with Gasteiger partial charge in [-0.3, -0.25) is 0 Å². The lowest BCUT2D eigenvalue weighted by Crippen LogP contribution is -2.10. The zero-order chi connectivity index (χ0) is 8.97. The summed E-state index contributed by atoms with van der Waals surface area (Å²) in [5.41, 5.74) is 12.0. The Balaban J connectivity index is 2.96. The van der Waals surface area contributed by atoms with Gasteiger partial charge in [0.1, 0.15) is 5.75 Å². The molecule has 0 spiro atoms. The second-order valence-electron chi connectivity index (χ2n) is 2.48. The number of para-hydroxylation sites is 1. The van der Waals surface area contributed by atoms with Crippen LogP contribution in [0.5, 0.6) is 5.75 Å². The summed E-state index contributed by atoms with van der Waals surface area (Å²) in [4.78, 5) is 0. The summed E-state index contributed by atoms with van der Waals surface area (Å²) < 4.78 is 0. The van der Waals surface area contributed by atoms with E-state index in [1.54, 1.807) is 24.3 Å². The molecule has 0 aliphatic rings. The van der Waals surface area contributed by atoms with Crippen LogP contribution in [-0.2, 0) is 0 Å². The quantitative estimate of drug-likeness (QED) is 0.601. The number of benzene rings is 1. The van der Waals surface area contributed by atoms with Gasteiger partial charge in [-0.25, -0.2) is 0 Å². The summed E-state index contributed by atoms with van der Waals surface area (Å²) >= 11 is 0. The van der Waals surface area contributed by atoms with Gasteiger partial charge in [0.25, 0.3) is 0 Å². The predicted octanol–water partition coefficient (Wildman–Crippen LogP) is 0.650. The van der Waals surface area contributed by atoms with Crippen molar-refractivity contribution in [2.75, 3.05) is 6.54 Å². The number of phenolic OH excluding ortho intramolecular Hbond substituents is 1. The van der Waals surface area contributed by atoms with Gasteiger partial charge in [0.15, 0.2) is 0 Å². The lowest BCUT2D eigenvalue weighted by Gasteiger charge is -1.99. The Morgan fingerprint density at radius 1 is 1.42 bits per heavy atom. The van der Waals surface area contributed by atoms with Crippen LogP contribution < -0.4 is 11.5 Å². The number of hydrogen-bond donors (Lipinski definition) is 3. The van der Waals surface area contributed by atoms with Gasteiger partial charge in [-0.05, 0) is 12.1 Å². The highest BCUT2D eigenvalue weighted by molar-refractivity contribution is 5.58. The molecule has 64 valence electrons. The van der Waals surface area contributed by atoms with Crippen LogP contribution in [0, 0.1) is 0 Å². The minimum Gasteiger partial charge on any atom is -0.507 e. The molecular weight excluding hydrogens is 152 g/mol. The van der Waals surface area contributed by atoms with E-state index in [0.29, 0.717) is 17.8 Å². The van der Waals surface area contributed by atoms with Crippen molar-refractivity contribution in [3.05, 3.63) is 35.5 Å². The second-order valence-corrected chi connectivity index (χ2v) is 2.48. The molecule has 12 heavy (non-hydrogen) atoms. The zero-order valence-electron chi connectivity index (χ0n) is 6.70. The summed E-state index contributed by atoms with van der Waals surface area (Å²) in [7, 11) is 0. The largest absolute Gasteiger partial charge is 0.507 e. The zero-order valence-corrected chi connectivity index (χ0v) is 6.70. The average molecular weight is 164 g/mol. The van der Waals surface area contributed by atoms with E-state index in [4.69, 9.17) is 11.5 Å². The molecule has 0 amide bonds. The van der Waals surface area contributed by atoms with Crippen LogP contribution in [0.3, 0.4) is 0 Å². The third kappa shape index (κ3) is 2.00. The van der Waals surface area contributed by atoms with E-state index >= 15 is 0 Å². The van der Waals surface area contributed by atoms with Gasteiger partial charge in [0.2, 0.25) is 0 Å². The summed E-state index contributed by atoms with van der Waals surface area (Å²) in [5, 5.41) is 9.31. The third-order valence-electron chi connectivity index (χ3n) is 1.51. The van der Waals surface area contributed by atoms with Crippen molar-refractivity contribution < 1.29 is 5.11 Å². The molecule has 0 fully saturated rings. The van der Waals surface area contributed by atoms with Crippen molar-refractivity contribution in [3.63, 3.8) is 0 Å². The molecule has 0 aromatic heterocycles. The van der Waals surface area contributed by atoms with Crippen molar-refractivity contribution in [2.24, 2.45) is 11.5 Å². The Morgan fingerprint density at radius 2 is 2.08 bits per heavy atom. The van der Waals surface area contributed by atoms with E-state index in [0.717, 1.165) is 0 Å². The molecule has 0 aliphatic heterocycles. The molecule has 0 heterocycles. The van der Waals surface area contributed by atoms with E-state index in [-0.39, 0.29) is 5.75 Å². The van der Waals surface area contributed by atoms with Gasteiger partial charge in [-0.2, -0.15) is 0 Å². The maximum absolute atomic E-state index is 9.31. The van der Waals surface area contributed by atoms with Gasteiger partial charge in [-0.1, -0.05) is 18.2 Å². The smallest absolute Gasteiger partial charge is 0.122 e. The molecule has 5 N–H and O–H groups in total.